The molecule has 0 aliphatic rings. The van der Waals surface area contributed by atoms with Gasteiger partial charge in [0.05, 0.1) is 6.61 Å². The van der Waals surface area contributed by atoms with Gasteiger partial charge in [-0.3, -0.25) is 0 Å². The average molecular weight is 307 g/mol. The van der Waals surface area contributed by atoms with Crippen LogP contribution in [0, 0.1) is 6.92 Å². The normalized spacial score (nSPS) is 10.4. The van der Waals surface area contributed by atoms with Gasteiger partial charge in [-0.1, -0.05) is 45.8 Å². The highest BCUT2D eigenvalue weighted by Crippen LogP contribution is 2.23. The summed E-state index contributed by atoms with van der Waals surface area (Å²) in [6.45, 7) is 2.60. The van der Waals surface area contributed by atoms with Gasteiger partial charge in [-0.15, -0.1) is 0 Å². The molecular formula is C15H15BrO2. The Balaban J connectivity index is 2.06. The van der Waals surface area contributed by atoms with Gasteiger partial charge in [0.1, 0.15) is 12.4 Å². The molecule has 0 fully saturated rings. The van der Waals surface area contributed by atoms with Crippen molar-refractivity contribution in [1.82, 2.24) is 0 Å². The summed E-state index contributed by atoms with van der Waals surface area (Å²) >= 11 is 3.38. The third kappa shape index (κ3) is 3.34. The second-order valence-corrected chi connectivity index (χ2v) is 5.04. The summed E-state index contributed by atoms with van der Waals surface area (Å²) in [4.78, 5) is 0. The van der Waals surface area contributed by atoms with Crippen LogP contribution in [0.25, 0.3) is 0 Å². The smallest absolute Gasteiger partial charge is 0.120 e. The molecule has 0 aliphatic carbocycles. The highest BCUT2D eigenvalue weighted by Gasteiger charge is 2.02. The monoisotopic (exact) mass is 306 g/mol. The van der Waals surface area contributed by atoms with E-state index in [9.17, 15) is 5.11 Å². The van der Waals surface area contributed by atoms with Crippen molar-refractivity contribution in [3.05, 3.63) is 63.6 Å². The summed E-state index contributed by atoms with van der Waals surface area (Å²) in [6, 6.07) is 13.8. The van der Waals surface area contributed by atoms with Crippen LogP contribution < -0.4 is 4.74 Å². The van der Waals surface area contributed by atoms with Gasteiger partial charge < -0.3 is 9.84 Å². The largest absolute Gasteiger partial charge is 0.489 e. The molecule has 2 aromatic rings. The first-order valence-electron chi connectivity index (χ1n) is 5.76. The van der Waals surface area contributed by atoms with Gasteiger partial charge in [-0.25, -0.2) is 0 Å². The second kappa shape index (κ2) is 6.03. The third-order valence-corrected chi connectivity index (χ3v) is 3.45. The summed E-state index contributed by atoms with van der Waals surface area (Å²) in [5.74, 6) is 0.767. The quantitative estimate of drug-likeness (QED) is 0.930. The van der Waals surface area contributed by atoms with E-state index in [4.69, 9.17) is 4.74 Å². The van der Waals surface area contributed by atoms with Crippen LogP contribution in [0.15, 0.2) is 46.9 Å². The number of aliphatic hydroxyl groups is 1. The van der Waals surface area contributed by atoms with Crippen molar-refractivity contribution in [1.29, 1.82) is 0 Å². The Kier molecular flexibility index (Phi) is 4.39. The van der Waals surface area contributed by atoms with Crippen molar-refractivity contribution in [3.63, 3.8) is 0 Å². The molecular weight excluding hydrogens is 292 g/mol. The minimum absolute atomic E-state index is 0.00221. The molecule has 2 aromatic carbocycles. The van der Waals surface area contributed by atoms with Crippen LogP contribution in [0.2, 0.25) is 0 Å². The maximum absolute atomic E-state index is 9.18. The van der Waals surface area contributed by atoms with E-state index in [1.165, 1.54) is 5.56 Å². The van der Waals surface area contributed by atoms with Crippen LogP contribution in [-0.2, 0) is 13.2 Å². The maximum atomic E-state index is 9.18. The van der Waals surface area contributed by atoms with Crippen molar-refractivity contribution in [2.45, 2.75) is 20.1 Å². The fraction of sp³-hybridized carbons (Fsp3) is 0.200. The van der Waals surface area contributed by atoms with E-state index in [1.54, 1.807) is 0 Å². The van der Waals surface area contributed by atoms with E-state index in [0.717, 1.165) is 21.3 Å². The van der Waals surface area contributed by atoms with E-state index in [2.05, 4.69) is 35.0 Å². The van der Waals surface area contributed by atoms with Crippen molar-refractivity contribution in [2.24, 2.45) is 0 Å². The standard InChI is InChI=1S/C15H15BrO2/c1-11-3-2-4-12(7-11)10-18-14-5-6-15(16)13(8-14)9-17/h2-8,17H,9-10H2,1H3. The molecule has 3 heteroatoms. The zero-order chi connectivity index (χ0) is 13.0. The molecule has 0 unspecified atom stereocenters. The first-order chi connectivity index (χ1) is 8.69. The van der Waals surface area contributed by atoms with Crippen molar-refractivity contribution in [3.8, 4) is 5.75 Å². The lowest BCUT2D eigenvalue weighted by atomic mass is 10.1. The summed E-state index contributed by atoms with van der Waals surface area (Å²) in [5, 5.41) is 9.18. The fourth-order valence-corrected chi connectivity index (χ4v) is 2.10. The van der Waals surface area contributed by atoms with Gasteiger partial charge in [0.15, 0.2) is 0 Å². The van der Waals surface area contributed by atoms with Gasteiger partial charge in [0.2, 0.25) is 0 Å². The highest BCUT2D eigenvalue weighted by molar-refractivity contribution is 9.10. The van der Waals surface area contributed by atoms with Crippen LogP contribution in [0.3, 0.4) is 0 Å². The Bertz CT molecular complexity index is 538. The predicted octanol–water partition coefficient (Wildman–Crippen LogP) is 3.83. The summed E-state index contributed by atoms with van der Waals surface area (Å²) < 4.78 is 6.61. The zero-order valence-electron chi connectivity index (χ0n) is 10.2. The number of hydrogen-bond donors (Lipinski definition) is 1. The maximum Gasteiger partial charge on any atom is 0.120 e. The molecule has 0 radical (unpaired) electrons. The van der Waals surface area contributed by atoms with E-state index < -0.39 is 0 Å². The first kappa shape index (κ1) is 13.1. The second-order valence-electron chi connectivity index (χ2n) is 4.19. The molecule has 0 saturated heterocycles. The minimum Gasteiger partial charge on any atom is -0.489 e. The summed E-state index contributed by atoms with van der Waals surface area (Å²) in [7, 11) is 0. The molecule has 0 saturated carbocycles. The number of rotatable bonds is 4. The Morgan fingerprint density at radius 1 is 1.17 bits per heavy atom. The van der Waals surface area contributed by atoms with Gasteiger partial charge in [0.25, 0.3) is 0 Å². The molecule has 2 rings (SSSR count). The van der Waals surface area contributed by atoms with E-state index in [1.807, 2.05) is 30.3 Å². The number of benzene rings is 2. The molecule has 94 valence electrons. The van der Waals surface area contributed by atoms with Gasteiger partial charge in [0, 0.05) is 4.47 Å². The minimum atomic E-state index is 0.00221. The molecule has 0 amide bonds. The van der Waals surface area contributed by atoms with Crippen LogP contribution in [0.5, 0.6) is 5.75 Å². The number of aliphatic hydroxyl groups excluding tert-OH is 1. The lowest BCUT2D eigenvalue weighted by Gasteiger charge is -2.09. The van der Waals surface area contributed by atoms with Crippen molar-refractivity contribution >= 4 is 15.9 Å². The molecule has 0 aliphatic heterocycles. The number of aryl methyl sites for hydroxylation is 1. The predicted molar refractivity (Wildman–Crippen MR) is 75.6 cm³/mol. The highest BCUT2D eigenvalue weighted by atomic mass is 79.9. The lowest BCUT2D eigenvalue weighted by molar-refractivity contribution is 0.277. The Hall–Kier alpha value is -1.32. The fourth-order valence-electron chi connectivity index (χ4n) is 1.73. The molecule has 0 atom stereocenters. The van der Waals surface area contributed by atoms with Gasteiger partial charge >= 0.3 is 0 Å². The first-order valence-corrected chi connectivity index (χ1v) is 6.56. The molecule has 2 nitrogen and oxygen atoms in total. The Labute approximate surface area is 115 Å². The molecule has 0 spiro atoms. The number of halogens is 1. The Morgan fingerprint density at radius 3 is 2.72 bits per heavy atom. The third-order valence-electron chi connectivity index (χ3n) is 2.68. The van der Waals surface area contributed by atoms with Crippen molar-refractivity contribution in [2.75, 3.05) is 0 Å². The van der Waals surface area contributed by atoms with Gasteiger partial charge in [-0.2, -0.15) is 0 Å². The summed E-state index contributed by atoms with van der Waals surface area (Å²) in [5.41, 5.74) is 3.20. The molecule has 0 heterocycles. The lowest BCUT2D eigenvalue weighted by Crippen LogP contribution is -1.96. The van der Waals surface area contributed by atoms with Crippen LogP contribution >= 0.6 is 15.9 Å². The topological polar surface area (TPSA) is 29.5 Å². The molecule has 1 N–H and O–H groups in total. The molecule has 0 aromatic heterocycles. The SMILES string of the molecule is Cc1cccc(COc2ccc(Br)c(CO)c2)c1. The molecule has 0 bridgehead atoms. The molecule has 18 heavy (non-hydrogen) atoms. The van der Waals surface area contributed by atoms with Crippen molar-refractivity contribution < 1.29 is 9.84 Å². The van der Waals surface area contributed by atoms with E-state index >= 15 is 0 Å². The van der Waals surface area contributed by atoms with Crippen LogP contribution in [0.4, 0.5) is 0 Å². The zero-order valence-corrected chi connectivity index (χ0v) is 11.8. The Morgan fingerprint density at radius 2 is 2.00 bits per heavy atom. The van der Waals surface area contributed by atoms with E-state index in [-0.39, 0.29) is 6.61 Å². The van der Waals surface area contributed by atoms with E-state index in [0.29, 0.717) is 6.61 Å². The summed E-state index contributed by atoms with van der Waals surface area (Å²) in [6.07, 6.45) is 0. The van der Waals surface area contributed by atoms with Crippen LogP contribution in [0.1, 0.15) is 16.7 Å². The van der Waals surface area contributed by atoms with Crippen LogP contribution in [-0.4, -0.2) is 5.11 Å². The average Bonchev–Trinajstić information content (AvgIpc) is 2.38. The van der Waals surface area contributed by atoms with Gasteiger partial charge in [-0.05, 0) is 36.2 Å². The number of ether oxygens (including phenoxy) is 1. The number of hydrogen-bond acceptors (Lipinski definition) is 2.